The molecule has 2 aliphatic rings. The first-order valence-corrected chi connectivity index (χ1v) is 9.08. The van der Waals surface area contributed by atoms with Crippen LogP contribution in [0.2, 0.25) is 5.15 Å². The second-order valence-electron chi connectivity index (χ2n) is 6.17. The van der Waals surface area contributed by atoms with E-state index in [4.69, 9.17) is 11.6 Å². The maximum Gasteiger partial charge on any atom is 0.248 e. The van der Waals surface area contributed by atoms with Crippen molar-refractivity contribution in [1.29, 1.82) is 0 Å². The van der Waals surface area contributed by atoms with Crippen LogP contribution in [0.4, 0.5) is 0 Å². The molecule has 0 bridgehead atoms. The molecular formula is C13H21ClN4O2S. The van der Waals surface area contributed by atoms with Gasteiger partial charge < -0.3 is 5.32 Å². The van der Waals surface area contributed by atoms with Gasteiger partial charge in [-0.2, -0.15) is 9.40 Å². The van der Waals surface area contributed by atoms with Gasteiger partial charge in [-0.15, -0.1) is 0 Å². The first-order valence-electron chi connectivity index (χ1n) is 7.26. The molecule has 0 atom stereocenters. The van der Waals surface area contributed by atoms with Crippen molar-refractivity contribution in [3.63, 3.8) is 0 Å². The largest absolute Gasteiger partial charge is 0.317 e. The van der Waals surface area contributed by atoms with Crippen molar-refractivity contribution in [1.82, 2.24) is 19.4 Å². The molecule has 21 heavy (non-hydrogen) atoms. The van der Waals surface area contributed by atoms with Crippen molar-refractivity contribution in [2.45, 2.75) is 31.1 Å². The summed E-state index contributed by atoms with van der Waals surface area (Å²) in [6.45, 7) is 4.81. The Morgan fingerprint density at radius 3 is 2.52 bits per heavy atom. The van der Waals surface area contributed by atoms with Crippen LogP contribution in [0.1, 0.15) is 25.0 Å². The minimum Gasteiger partial charge on any atom is -0.317 e. The lowest BCUT2D eigenvalue weighted by Gasteiger charge is -2.33. The summed E-state index contributed by atoms with van der Waals surface area (Å²) in [6.07, 6.45) is 3.02. The number of piperidine rings is 1. The van der Waals surface area contributed by atoms with Crippen molar-refractivity contribution >= 4 is 21.6 Å². The van der Waals surface area contributed by atoms with Gasteiger partial charge in [0.25, 0.3) is 0 Å². The highest BCUT2D eigenvalue weighted by atomic mass is 35.5. The zero-order valence-electron chi connectivity index (χ0n) is 12.4. The minimum atomic E-state index is -3.56. The van der Waals surface area contributed by atoms with Crippen molar-refractivity contribution in [2.75, 3.05) is 26.2 Å². The van der Waals surface area contributed by atoms with Crippen LogP contribution in [0.5, 0.6) is 0 Å². The topological polar surface area (TPSA) is 67.2 Å². The lowest BCUT2D eigenvalue weighted by atomic mass is 9.78. The van der Waals surface area contributed by atoms with E-state index in [1.807, 2.05) is 0 Å². The van der Waals surface area contributed by atoms with E-state index in [-0.39, 0.29) is 15.5 Å². The number of nitrogens with one attached hydrogen (secondary N) is 1. The maximum absolute atomic E-state index is 12.9. The van der Waals surface area contributed by atoms with Crippen LogP contribution in [0, 0.1) is 12.3 Å². The molecular weight excluding hydrogens is 312 g/mol. The fourth-order valence-electron chi connectivity index (χ4n) is 3.50. The standard InChI is InChI=1S/C13H21ClN4O2S/c1-10-11(12(14)17(2)16-10)21(19,20)18-8-5-13(9-18)3-6-15-7-4-13/h15H,3-9H2,1-2H3. The SMILES string of the molecule is Cc1nn(C)c(Cl)c1S(=O)(=O)N1CCC2(CCNCC2)C1. The molecule has 2 aliphatic heterocycles. The average Bonchev–Trinajstić information content (AvgIpc) is 2.94. The van der Waals surface area contributed by atoms with E-state index < -0.39 is 10.0 Å². The third-order valence-electron chi connectivity index (χ3n) is 4.77. The third kappa shape index (κ3) is 2.50. The lowest BCUT2D eigenvalue weighted by Crippen LogP contribution is -2.39. The molecule has 3 heterocycles. The summed E-state index contributed by atoms with van der Waals surface area (Å²) in [5, 5.41) is 7.65. The zero-order valence-corrected chi connectivity index (χ0v) is 14.0. The van der Waals surface area contributed by atoms with Gasteiger partial charge in [0, 0.05) is 20.1 Å². The molecule has 0 unspecified atom stereocenters. The van der Waals surface area contributed by atoms with Crippen LogP contribution < -0.4 is 5.32 Å². The van der Waals surface area contributed by atoms with Gasteiger partial charge >= 0.3 is 0 Å². The van der Waals surface area contributed by atoms with Gasteiger partial charge in [0.2, 0.25) is 10.0 Å². The van der Waals surface area contributed by atoms with Gasteiger partial charge in [0.15, 0.2) is 0 Å². The molecule has 1 spiro atoms. The highest BCUT2D eigenvalue weighted by Crippen LogP contribution is 2.41. The van der Waals surface area contributed by atoms with Crippen LogP contribution in [-0.2, 0) is 17.1 Å². The summed E-state index contributed by atoms with van der Waals surface area (Å²) in [4.78, 5) is 0.164. The molecule has 0 radical (unpaired) electrons. The first-order chi connectivity index (χ1) is 9.86. The molecule has 2 saturated heterocycles. The molecule has 3 rings (SSSR count). The summed E-state index contributed by atoms with van der Waals surface area (Å²) < 4.78 is 28.8. The van der Waals surface area contributed by atoms with Crippen LogP contribution in [0.25, 0.3) is 0 Å². The van der Waals surface area contributed by atoms with Crippen LogP contribution in [0.15, 0.2) is 4.90 Å². The summed E-state index contributed by atoms with van der Waals surface area (Å²) in [5.74, 6) is 0. The Hall–Kier alpha value is -0.630. The number of hydrogen-bond acceptors (Lipinski definition) is 4. The Morgan fingerprint density at radius 2 is 1.95 bits per heavy atom. The minimum absolute atomic E-state index is 0.140. The van der Waals surface area contributed by atoms with Gasteiger partial charge in [-0.3, -0.25) is 4.68 Å². The summed E-state index contributed by atoms with van der Waals surface area (Å²) >= 11 is 6.14. The van der Waals surface area contributed by atoms with E-state index in [0.29, 0.717) is 18.8 Å². The summed E-state index contributed by atoms with van der Waals surface area (Å²) in [5.41, 5.74) is 0.606. The molecule has 1 aromatic rings. The molecule has 0 aliphatic carbocycles. The predicted octanol–water partition coefficient (Wildman–Crippen LogP) is 1.15. The smallest absolute Gasteiger partial charge is 0.248 e. The van der Waals surface area contributed by atoms with Crippen molar-refractivity contribution in [2.24, 2.45) is 12.5 Å². The molecule has 1 aromatic heterocycles. The van der Waals surface area contributed by atoms with Crippen LogP contribution in [0.3, 0.4) is 0 Å². The van der Waals surface area contributed by atoms with Crippen LogP contribution in [-0.4, -0.2) is 48.7 Å². The third-order valence-corrected chi connectivity index (χ3v) is 7.31. The highest BCUT2D eigenvalue weighted by molar-refractivity contribution is 7.89. The average molecular weight is 333 g/mol. The fraction of sp³-hybridized carbons (Fsp3) is 0.769. The molecule has 0 amide bonds. The highest BCUT2D eigenvalue weighted by Gasteiger charge is 2.44. The maximum atomic E-state index is 12.9. The number of nitrogens with zero attached hydrogens (tertiary/aromatic N) is 3. The van der Waals surface area contributed by atoms with E-state index in [2.05, 4.69) is 10.4 Å². The Balaban J connectivity index is 1.90. The Kier molecular flexibility index (Phi) is 3.80. The van der Waals surface area contributed by atoms with Gasteiger partial charge in [-0.05, 0) is 44.7 Å². The second-order valence-corrected chi connectivity index (χ2v) is 8.40. The molecule has 8 heteroatoms. The first kappa shape index (κ1) is 15.3. The molecule has 6 nitrogen and oxygen atoms in total. The summed E-state index contributed by atoms with van der Waals surface area (Å²) in [6, 6.07) is 0. The van der Waals surface area contributed by atoms with Gasteiger partial charge in [-0.25, -0.2) is 8.42 Å². The van der Waals surface area contributed by atoms with Gasteiger partial charge in [-0.1, -0.05) is 11.6 Å². The quantitative estimate of drug-likeness (QED) is 0.882. The molecule has 1 N–H and O–H groups in total. The number of halogens is 1. The van der Waals surface area contributed by atoms with Crippen molar-refractivity contribution in [3.05, 3.63) is 10.8 Å². The van der Waals surface area contributed by atoms with Gasteiger partial charge in [0.1, 0.15) is 10.0 Å². The number of rotatable bonds is 2. The number of sulfonamides is 1. The van der Waals surface area contributed by atoms with Crippen molar-refractivity contribution < 1.29 is 8.42 Å². The molecule has 0 saturated carbocycles. The fourth-order valence-corrected chi connectivity index (χ4v) is 5.76. The zero-order chi connectivity index (χ0) is 15.3. The lowest BCUT2D eigenvalue weighted by molar-refractivity contribution is 0.218. The Morgan fingerprint density at radius 1 is 1.29 bits per heavy atom. The Labute approximate surface area is 130 Å². The monoisotopic (exact) mass is 332 g/mol. The van der Waals surface area contributed by atoms with Crippen LogP contribution >= 0.6 is 11.6 Å². The second kappa shape index (κ2) is 5.22. The number of aryl methyl sites for hydroxylation is 2. The number of aromatic nitrogens is 2. The summed E-state index contributed by atoms with van der Waals surface area (Å²) in [7, 11) is -1.90. The number of hydrogen-bond donors (Lipinski definition) is 1. The van der Waals surface area contributed by atoms with E-state index in [0.717, 1.165) is 32.4 Å². The van der Waals surface area contributed by atoms with E-state index >= 15 is 0 Å². The van der Waals surface area contributed by atoms with E-state index in [1.165, 1.54) is 4.68 Å². The van der Waals surface area contributed by atoms with Crippen molar-refractivity contribution in [3.8, 4) is 0 Å². The van der Waals surface area contributed by atoms with E-state index in [1.54, 1.807) is 18.3 Å². The van der Waals surface area contributed by atoms with E-state index in [9.17, 15) is 8.42 Å². The molecule has 0 aromatic carbocycles. The normalized spacial score (nSPS) is 23.0. The molecule has 2 fully saturated rings. The Bertz CT molecular complexity index is 649. The predicted molar refractivity (Wildman–Crippen MR) is 80.9 cm³/mol. The molecule has 118 valence electrons. The van der Waals surface area contributed by atoms with Gasteiger partial charge in [0.05, 0.1) is 5.69 Å².